The quantitative estimate of drug-likeness (QED) is 0.214. The van der Waals surface area contributed by atoms with Gasteiger partial charge in [-0.25, -0.2) is 0 Å². The molecule has 0 bridgehead atoms. The third-order valence-corrected chi connectivity index (χ3v) is 8.88. The van der Waals surface area contributed by atoms with Crippen LogP contribution in [0.25, 0.3) is 55.6 Å². The molecule has 7 rings (SSSR count). The van der Waals surface area contributed by atoms with Crippen LogP contribution in [0, 0.1) is 13.8 Å². The van der Waals surface area contributed by atoms with E-state index in [2.05, 4.69) is 161 Å². The van der Waals surface area contributed by atoms with Gasteiger partial charge in [-0.05, 0) is 92.7 Å². The fourth-order valence-corrected chi connectivity index (χ4v) is 6.30. The first-order valence-corrected chi connectivity index (χ1v) is 14.5. The molecule has 0 saturated carbocycles. The second-order valence-electron chi connectivity index (χ2n) is 12.0. The molecule has 0 N–H and O–H groups in total. The van der Waals surface area contributed by atoms with Crippen molar-refractivity contribution in [3.8, 4) is 55.6 Å². The van der Waals surface area contributed by atoms with E-state index in [1.54, 1.807) is 0 Å². The van der Waals surface area contributed by atoms with Crippen LogP contribution in [0.4, 0.5) is 0 Å². The predicted octanol–water partition coefficient (Wildman–Crippen LogP) is 11.3. The van der Waals surface area contributed by atoms with Gasteiger partial charge in [0.25, 0.3) is 0 Å². The van der Waals surface area contributed by atoms with Crippen molar-refractivity contribution >= 4 is 0 Å². The third kappa shape index (κ3) is 4.50. The molecule has 0 atom stereocenters. The molecule has 0 amide bonds. The summed E-state index contributed by atoms with van der Waals surface area (Å²) in [5, 5.41) is 0. The highest BCUT2D eigenvalue weighted by molar-refractivity contribution is 5.86. The zero-order valence-electron chi connectivity index (χ0n) is 24.2. The van der Waals surface area contributed by atoms with E-state index in [0.717, 1.165) is 0 Å². The van der Waals surface area contributed by atoms with E-state index < -0.39 is 0 Å². The topological polar surface area (TPSA) is 0 Å². The van der Waals surface area contributed by atoms with Crippen LogP contribution in [0.1, 0.15) is 36.1 Å². The molecule has 198 valence electrons. The maximum Gasteiger partial charge on any atom is 0.0159 e. The lowest BCUT2D eigenvalue weighted by atomic mass is 9.80. The molecule has 0 aliphatic heterocycles. The summed E-state index contributed by atoms with van der Waals surface area (Å²) < 4.78 is 0. The van der Waals surface area contributed by atoms with Gasteiger partial charge in [0.05, 0.1) is 0 Å². The van der Waals surface area contributed by atoms with Gasteiger partial charge in [-0.2, -0.15) is 0 Å². The second-order valence-corrected chi connectivity index (χ2v) is 12.0. The van der Waals surface area contributed by atoms with E-state index in [4.69, 9.17) is 0 Å². The Balaban J connectivity index is 1.18. The molecule has 0 nitrogen and oxygen atoms in total. The molecule has 0 radical (unpaired) electrons. The van der Waals surface area contributed by atoms with E-state index in [9.17, 15) is 0 Å². The summed E-state index contributed by atoms with van der Waals surface area (Å²) in [6.07, 6.45) is 0. The summed E-state index contributed by atoms with van der Waals surface area (Å²) >= 11 is 0. The summed E-state index contributed by atoms with van der Waals surface area (Å²) in [5.74, 6) is 0. The largest absolute Gasteiger partial charge is 0.0587 e. The first-order valence-electron chi connectivity index (χ1n) is 14.5. The molecule has 6 aromatic carbocycles. The highest BCUT2D eigenvalue weighted by Gasteiger charge is 2.35. The molecule has 0 heterocycles. The zero-order valence-corrected chi connectivity index (χ0v) is 24.2. The molecule has 0 heteroatoms. The number of hydrogen-bond acceptors (Lipinski definition) is 0. The van der Waals surface area contributed by atoms with Crippen molar-refractivity contribution in [3.05, 3.63) is 156 Å². The lowest BCUT2D eigenvalue weighted by Gasteiger charge is -2.22. The summed E-state index contributed by atoms with van der Waals surface area (Å²) in [6, 6.07) is 49.5. The zero-order chi connectivity index (χ0) is 28.1. The Kier molecular flexibility index (Phi) is 6.02. The minimum Gasteiger partial charge on any atom is -0.0587 e. The molecule has 0 aromatic heterocycles. The second kappa shape index (κ2) is 9.75. The number of aryl methyl sites for hydroxylation is 2. The van der Waals surface area contributed by atoms with Crippen molar-refractivity contribution in [2.24, 2.45) is 0 Å². The van der Waals surface area contributed by atoms with Crippen LogP contribution in [0.5, 0.6) is 0 Å². The van der Waals surface area contributed by atoms with Gasteiger partial charge in [-0.1, -0.05) is 146 Å². The highest BCUT2D eigenvalue weighted by atomic mass is 14.4. The molecule has 0 unspecified atom stereocenters. The molecule has 41 heavy (non-hydrogen) atoms. The van der Waals surface area contributed by atoms with Crippen molar-refractivity contribution in [2.75, 3.05) is 0 Å². The maximum absolute atomic E-state index is 2.41. The summed E-state index contributed by atoms with van der Waals surface area (Å²) in [4.78, 5) is 0. The molecule has 0 fully saturated rings. The van der Waals surface area contributed by atoms with Crippen molar-refractivity contribution in [1.82, 2.24) is 0 Å². The molecule has 1 aliphatic rings. The highest BCUT2D eigenvalue weighted by Crippen LogP contribution is 2.50. The Bertz CT molecular complexity index is 1730. The van der Waals surface area contributed by atoms with E-state index in [0.29, 0.717) is 0 Å². The van der Waals surface area contributed by atoms with Crippen molar-refractivity contribution < 1.29 is 0 Å². The van der Waals surface area contributed by atoms with Gasteiger partial charge in [0, 0.05) is 5.41 Å². The van der Waals surface area contributed by atoms with E-state index in [1.807, 2.05) is 0 Å². The Morgan fingerprint density at radius 1 is 0.317 bits per heavy atom. The van der Waals surface area contributed by atoms with Gasteiger partial charge < -0.3 is 0 Å². The molecular weight excluding hydrogens is 492 g/mol. The average molecular weight is 527 g/mol. The first kappa shape index (κ1) is 25.3. The van der Waals surface area contributed by atoms with Gasteiger partial charge in [0.1, 0.15) is 0 Å². The summed E-state index contributed by atoms with van der Waals surface area (Å²) in [6.45, 7) is 8.99. The van der Waals surface area contributed by atoms with Gasteiger partial charge >= 0.3 is 0 Å². The predicted molar refractivity (Wildman–Crippen MR) is 175 cm³/mol. The van der Waals surface area contributed by atoms with E-state index in [-0.39, 0.29) is 5.41 Å². The van der Waals surface area contributed by atoms with Crippen LogP contribution in [-0.4, -0.2) is 0 Å². The van der Waals surface area contributed by atoms with E-state index >= 15 is 0 Å². The smallest absolute Gasteiger partial charge is 0.0159 e. The monoisotopic (exact) mass is 526 g/mol. The van der Waals surface area contributed by atoms with E-state index in [1.165, 1.54) is 77.9 Å². The molecule has 1 aliphatic carbocycles. The van der Waals surface area contributed by atoms with Gasteiger partial charge in [0.15, 0.2) is 0 Å². The van der Waals surface area contributed by atoms with Crippen molar-refractivity contribution in [1.29, 1.82) is 0 Å². The third-order valence-electron chi connectivity index (χ3n) is 8.88. The van der Waals surface area contributed by atoms with Crippen molar-refractivity contribution in [2.45, 2.75) is 33.1 Å². The minimum atomic E-state index is -0.0691. The van der Waals surface area contributed by atoms with Gasteiger partial charge in [-0.15, -0.1) is 0 Å². The molecule has 0 saturated heterocycles. The minimum absolute atomic E-state index is 0.0691. The average Bonchev–Trinajstić information content (AvgIpc) is 3.23. The first-order chi connectivity index (χ1) is 19.9. The Hall–Kier alpha value is -4.68. The van der Waals surface area contributed by atoms with Crippen LogP contribution >= 0.6 is 0 Å². The lowest BCUT2D eigenvalue weighted by molar-refractivity contribution is 0.661. The van der Waals surface area contributed by atoms with Crippen LogP contribution in [0.3, 0.4) is 0 Å². The van der Waals surface area contributed by atoms with Crippen LogP contribution < -0.4 is 0 Å². The standard InChI is InChI=1S/C41H34/c1-27-5-9-29(10-6-27)31-13-17-33(18-14-31)35-21-23-37-38-24-22-36(26-40(38)41(3,4)39(37)25-35)34-19-15-32(16-20-34)30-11-7-28(2)8-12-30/h5-26H,1-4H3. The van der Waals surface area contributed by atoms with Crippen LogP contribution in [0.2, 0.25) is 0 Å². The Labute approximate surface area is 244 Å². The fraction of sp³-hybridized carbons (Fsp3) is 0.122. The molecular formula is C41H34. The fourth-order valence-electron chi connectivity index (χ4n) is 6.30. The Morgan fingerprint density at radius 2 is 0.561 bits per heavy atom. The number of benzene rings is 6. The molecule has 6 aromatic rings. The van der Waals surface area contributed by atoms with Gasteiger partial charge in [0.2, 0.25) is 0 Å². The number of hydrogen-bond donors (Lipinski definition) is 0. The molecule has 0 spiro atoms. The maximum atomic E-state index is 2.41. The summed E-state index contributed by atoms with van der Waals surface area (Å²) in [7, 11) is 0. The lowest BCUT2D eigenvalue weighted by Crippen LogP contribution is -2.15. The Morgan fingerprint density at radius 3 is 0.878 bits per heavy atom. The van der Waals surface area contributed by atoms with Crippen LogP contribution in [0.15, 0.2) is 133 Å². The SMILES string of the molecule is Cc1ccc(-c2ccc(-c3ccc4c(c3)C(C)(C)c3cc(-c5ccc(-c6ccc(C)cc6)cc5)ccc3-4)cc2)cc1. The summed E-state index contributed by atoms with van der Waals surface area (Å²) in [5.41, 5.74) is 18.1. The number of fused-ring (bicyclic) bond motifs is 3. The van der Waals surface area contributed by atoms with Gasteiger partial charge in [-0.3, -0.25) is 0 Å². The van der Waals surface area contributed by atoms with Crippen molar-refractivity contribution in [3.63, 3.8) is 0 Å². The van der Waals surface area contributed by atoms with Crippen LogP contribution in [-0.2, 0) is 5.41 Å². The number of rotatable bonds is 4. The normalized spacial score (nSPS) is 13.1.